The molecule has 0 aliphatic heterocycles. The summed E-state index contributed by atoms with van der Waals surface area (Å²) in [5.41, 5.74) is 5.22. The topological polar surface area (TPSA) is 128 Å². The van der Waals surface area contributed by atoms with E-state index < -0.39 is 36.5 Å². The van der Waals surface area contributed by atoms with Crippen LogP contribution in [0.5, 0.6) is 0 Å². The molecule has 4 N–H and O–H groups in total. The quantitative estimate of drug-likeness (QED) is 0.613. The highest BCUT2D eigenvalue weighted by Gasteiger charge is 2.27. The number of hydrogen-bond acceptors (Lipinski definition) is 5. The highest BCUT2D eigenvalue weighted by molar-refractivity contribution is 9.10. The molecule has 0 aliphatic rings. The van der Waals surface area contributed by atoms with E-state index in [4.69, 9.17) is 10.5 Å². The summed E-state index contributed by atoms with van der Waals surface area (Å²) in [5.74, 6) is -2.48. The molecule has 0 spiro atoms. The number of nitrogens with one attached hydrogen (secondary N) is 2. The average Bonchev–Trinajstić information content (AvgIpc) is 2.49. The second kappa shape index (κ2) is 9.02. The van der Waals surface area contributed by atoms with E-state index in [1.165, 1.54) is 0 Å². The zero-order valence-corrected chi connectivity index (χ0v) is 14.8. The van der Waals surface area contributed by atoms with Crippen LogP contribution in [0.3, 0.4) is 0 Å². The molecular formula is C15H18BrN3O5. The maximum absolute atomic E-state index is 12.0. The van der Waals surface area contributed by atoms with Gasteiger partial charge in [0.05, 0.1) is 5.56 Å². The standard InChI is InChI=1S/C15H18BrN3O5/c1-8(2)12(14(22)19-15(17)23)24-11(20)7-18-13(21)9-5-3-4-6-10(9)16/h3-6,8,12H,7H2,1-2H3,(H,18,21)(H3,17,19,22,23)/t12-/m0/s1. The Balaban J connectivity index is 2.60. The lowest BCUT2D eigenvalue weighted by Gasteiger charge is -2.19. The van der Waals surface area contributed by atoms with E-state index in [0.717, 1.165) is 0 Å². The van der Waals surface area contributed by atoms with Gasteiger partial charge in [-0.15, -0.1) is 0 Å². The lowest BCUT2D eigenvalue weighted by atomic mass is 10.1. The van der Waals surface area contributed by atoms with E-state index in [9.17, 15) is 19.2 Å². The fourth-order valence-electron chi connectivity index (χ4n) is 1.76. The van der Waals surface area contributed by atoms with E-state index in [1.54, 1.807) is 38.1 Å². The van der Waals surface area contributed by atoms with Crippen molar-refractivity contribution in [1.29, 1.82) is 0 Å². The van der Waals surface area contributed by atoms with Crippen molar-refractivity contribution in [1.82, 2.24) is 10.6 Å². The van der Waals surface area contributed by atoms with Crippen molar-refractivity contribution in [2.75, 3.05) is 6.54 Å². The molecule has 1 aromatic carbocycles. The minimum Gasteiger partial charge on any atom is -0.451 e. The van der Waals surface area contributed by atoms with Crippen molar-refractivity contribution in [2.45, 2.75) is 20.0 Å². The normalized spacial score (nSPS) is 11.5. The fourth-order valence-corrected chi connectivity index (χ4v) is 2.23. The molecule has 0 radical (unpaired) electrons. The van der Waals surface area contributed by atoms with Crippen molar-refractivity contribution in [3.8, 4) is 0 Å². The molecule has 0 aromatic heterocycles. The molecule has 9 heteroatoms. The van der Waals surface area contributed by atoms with Gasteiger partial charge in [0.2, 0.25) is 0 Å². The van der Waals surface area contributed by atoms with E-state index >= 15 is 0 Å². The van der Waals surface area contributed by atoms with Gasteiger partial charge in [0.15, 0.2) is 6.10 Å². The van der Waals surface area contributed by atoms with Gasteiger partial charge < -0.3 is 15.8 Å². The Morgan fingerprint density at radius 2 is 1.83 bits per heavy atom. The largest absolute Gasteiger partial charge is 0.451 e. The predicted octanol–water partition coefficient (Wildman–Crippen LogP) is 0.942. The molecule has 130 valence electrons. The molecule has 0 unspecified atom stereocenters. The first-order valence-corrected chi connectivity index (χ1v) is 7.84. The molecule has 8 nitrogen and oxygen atoms in total. The maximum atomic E-state index is 12.0. The minimum absolute atomic E-state index is 0.359. The first kappa shape index (κ1) is 19.6. The number of ether oxygens (including phenoxy) is 1. The van der Waals surface area contributed by atoms with Gasteiger partial charge in [0.25, 0.3) is 11.8 Å². The van der Waals surface area contributed by atoms with Crippen LogP contribution in [0, 0.1) is 5.92 Å². The van der Waals surface area contributed by atoms with Gasteiger partial charge in [-0.1, -0.05) is 26.0 Å². The van der Waals surface area contributed by atoms with Crippen molar-refractivity contribution in [3.63, 3.8) is 0 Å². The van der Waals surface area contributed by atoms with Gasteiger partial charge in [-0.3, -0.25) is 19.7 Å². The number of rotatable bonds is 6. The lowest BCUT2D eigenvalue weighted by molar-refractivity contribution is -0.157. The molecule has 0 saturated carbocycles. The van der Waals surface area contributed by atoms with Crippen LogP contribution in [0.1, 0.15) is 24.2 Å². The molecular weight excluding hydrogens is 382 g/mol. The monoisotopic (exact) mass is 399 g/mol. The zero-order chi connectivity index (χ0) is 18.3. The smallest absolute Gasteiger partial charge is 0.326 e. The second-order valence-corrected chi connectivity index (χ2v) is 6.02. The molecule has 0 heterocycles. The van der Waals surface area contributed by atoms with Crippen molar-refractivity contribution < 1.29 is 23.9 Å². The Kier molecular flexibility index (Phi) is 7.37. The van der Waals surface area contributed by atoms with Crippen molar-refractivity contribution >= 4 is 39.7 Å². The molecule has 0 aliphatic carbocycles. The number of benzene rings is 1. The van der Waals surface area contributed by atoms with Crippen LogP contribution < -0.4 is 16.4 Å². The lowest BCUT2D eigenvalue weighted by Crippen LogP contribution is -2.46. The number of hydrogen-bond donors (Lipinski definition) is 3. The predicted molar refractivity (Wildman–Crippen MR) is 88.9 cm³/mol. The number of imide groups is 1. The van der Waals surface area contributed by atoms with Crippen molar-refractivity contribution in [3.05, 3.63) is 34.3 Å². The van der Waals surface area contributed by atoms with Crippen LogP contribution in [0.25, 0.3) is 0 Å². The Hall–Kier alpha value is -2.42. The van der Waals surface area contributed by atoms with Crippen LogP contribution in [0.2, 0.25) is 0 Å². The third-order valence-electron chi connectivity index (χ3n) is 2.88. The highest BCUT2D eigenvalue weighted by Crippen LogP contribution is 2.15. The van der Waals surface area contributed by atoms with E-state index in [0.29, 0.717) is 10.0 Å². The summed E-state index contributed by atoms with van der Waals surface area (Å²) in [4.78, 5) is 46.3. The molecule has 24 heavy (non-hydrogen) atoms. The van der Waals surface area contributed by atoms with Gasteiger partial charge in [-0.25, -0.2) is 4.79 Å². The van der Waals surface area contributed by atoms with Gasteiger partial charge in [-0.05, 0) is 34.0 Å². The first-order chi connectivity index (χ1) is 11.2. The van der Waals surface area contributed by atoms with Gasteiger partial charge >= 0.3 is 12.0 Å². The van der Waals surface area contributed by atoms with Crippen LogP contribution >= 0.6 is 15.9 Å². The van der Waals surface area contributed by atoms with E-state index in [1.807, 2.05) is 5.32 Å². The van der Waals surface area contributed by atoms with Gasteiger partial charge in [-0.2, -0.15) is 0 Å². The summed E-state index contributed by atoms with van der Waals surface area (Å²) in [6, 6.07) is 5.67. The number of primary amides is 1. The zero-order valence-electron chi connectivity index (χ0n) is 13.2. The third-order valence-corrected chi connectivity index (χ3v) is 3.57. The fraction of sp³-hybridized carbons (Fsp3) is 0.333. The third kappa shape index (κ3) is 5.99. The Morgan fingerprint density at radius 3 is 2.38 bits per heavy atom. The molecule has 1 atom stereocenters. The molecule has 1 rings (SSSR count). The molecule has 4 amide bonds. The summed E-state index contributed by atoms with van der Waals surface area (Å²) >= 11 is 3.23. The van der Waals surface area contributed by atoms with Crippen molar-refractivity contribution in [2.24, 2.45) is 11.7 Å². The van der Waals surface area contributed by atoms with Crippen LogP contribution in [0.15, 0.2) is 28.7 Å². The maximum Gasteiger partial charge on any atom is 0.326 e. The number of nitrogens with two attached hydrogens (primary N) is 1. The van der Waals surface area contributed by atoms with E-state index in [2.05, 4.69) is 21.2 Å². The van der Waals surface area contributed by atoms with Crippen LogP contribution in [0.4, 0.5) is 4.79 Å². The Bertz CT molecular complexity index is 648. The van der Waals surface area contributed by atoms with E-state index in [-0.39, 0.29) is 5.92 Å². The Morgan fingerprint density at radius 1 is 1.21 bits per heavy atom. The Labute approximate surface area is 147 Å². The number of carbonyl (C=O) groups excluding carboxylic acids is 4. The number of carbonyl (C=O) groups is 4. The first-order valence-electron chi connectivity index (χ1n) is 7.05. The summed E-state index contributed by atoms with van der Waals surface area (Å²) in [6.45, 7) is 2.85. The number of esters is 1. The van der Waals surface area contributed by atoms with Crippen LogP contribution in [-0.4, -0.2) is 36.5 Å². The number of halogens is 1. The summed E-state index contributed by atoms with van der Waals surface area (Å²) in [7, 11) is 0. The number of amides is 4. The summed E-state index contributed by atoms with van der Waals surface area (Å²) in [6.07, 6.45) is -1.19. The molecule has 0 saturated heterocycles. The molecule has 0 bridgehead atoms. The second-order valence-electron chi connectivity index (χ2n) is 5.17. The summed E-state index contributed by atoms with van der Waals surface area (Å²) < 4.78 is 5.59. The van der Waals surface area contributed by atoms with Gasteiger partial charge in [0, 0.05) is 4.47 Å². The number of urea groups is 1. The molecule has 1 aromatic rings. The summed E-state index contributed by atoms with van der Waals surface area (Å²) in [5, 5.41) is 4.25. The molecule has 0 fully saturated rings. The minimum atomic E-state index is -1.19. The van der Waals surface area contributed by atoms with Crippen LogP contribution in [-0.2, 0) is 14.3 Å². The highest BCUT2D eigenvalue weighted by atomic mass is 79.9. The van der Waals surface area contributed by atoms with Gasteiger partial charge in [0.1, 0.15) is 6.54 Å². The average molecular weight is 400 g/mol. The SMILES string of the molecule is CC(C)[C@H](OC(=O)CNC(=O)c1ccccc1Br)C(=O)NC(N)=O.